The molecule has 10 nitrogen and oxygen atoms in total. The maximum absolute atomic E-state index is 12.3. The number of pyridine rings is 1. The van der Waals surface area contributed by atoms with Gasteiger partial charge >= 0.3 is 12.2 Å². The molecule has 0 radical (unpaired) electrons. The van der Waals surface area contributed by atoms with E-state index < -0.39 is 17.8 Å². The number of piperidine rings is 1. The molecule has 2 aromatic heterocycles. The second-order valence-electron chi connectivity index (χ2n) is 9.30. The summed E-state index contributed by atoms with van der Waals surface area (Å²) in [6.45, 7) is 10.2. The Morgan fingerprint density at radius 2 is 2.00 bits per heavy atom. The van der Waals surface area contributed by atoms with Gasteiger partial charge in [-0.25, -0.2) is 19.1 Å². The molecule has 0 saturated carbocycles. The Kier molecular flexibility index (Phi) is 6.61. The summed E-state index contributed by atoms with van der Waals surface area (Å²) in [4.78, 5) is 42.7. The summed E-state index contributed by atoms with van der Waals surface area (Å²) in [6.07, 6.45) is 2.91. The van der Waals surface area contributed by atoms with Crippen LogP contribution >= 0.6 is 0 Å². The van der Waals surface area contributed by atoms with Crippen LogP contribution in [0.15, 0.2) is 18.5 Å². The molecule has 0 aromatic carbocycles. The largest absolute Gasteiger partial charge is 0.464 e. The number of fused-ring (bicyclic) bond motifs is 1. The molecule has 3 heterocycles. The zero-order valence-corrected chi connectivity index (χ0v) is 19.1. The van der Waals surface area contributed by atoms with Crippen LogP contribution in [-0.2, 0) is 9.53 Å². The number of hydrogen-bond donors (Lipinski definition) is 3. The van der Waals surface area contributed by atoms with Gasteiger partial charge in [0.05, 0.1) is 16.8 Å². The Hall–Kier alpha value is -3.30. The molecule has 1 saturated heterocycles. The third-order valence-electron chi connectivity index (χ3n) is 5.14. The van der Waals surface area contributed by atoms with E-state index in [1.165, 1.54) is 6.20 Å². The van der Waals surface area contributed by atoms with Crippen molar-refractivity contribution < 1.29 is 24.2 Å². The molecular formula is C22H31N5O5. The van der Waals surface area contributed by atoms with Gasteiger partial charge in [-0.2, -0.15) is 0 Å². The highest BCUT2D eigenvalue weighted by Crippen LogP contribution is 2.35. The highest BCUT2D eigenvalue weighted by Gasteiger charge is 2.27. The van der Waals surface area contributed by atoms with Gasteiger partial charge in [0.1, 0.15) is 5.60 Å². The van der Waals surface area contributed by atoms with Crippen molar-refractivity contribution in [3.63, 3.8) is 0 Å². The molecule has 2 aromatic rings. The average Bonchev–Trinajstić information content (AvgIpc) is 3.05. The number of alkyl carbamates (subject to hydrolysis) is 1. The van der Waals surface area contributed by atoms with E-state index in [4.69, 9.17) is 4.74 Å². The molecule has 0 bridgehead atoms. The van der Waals surface area contributed by atoms with Crippen LogP contribution in [0.5, 0.6) is 0 Å². The summed E-state index contributed by atoms with van der Waals surface area (Å²) in [5.74, 6) is -0.483. The number of amides is 2. The molecule has 1 aliphatic heterocycles. The molecule has 10 heteroatoms. The van der Waals surface area contributed by atoms with Gasteiger partial charge in [0.2, 0.25) is 5.91 Å². The van der Waals surface area contributed by atoms with Gasteiger partial charge in [0, 0.05) is 37.4 Å². The van der Waals surface area contributed by atoms with Crippen molar-refractivity contribution in [2.45, 2.75) is 59.1 Å². The number of carboxylic acid groups (broad SMARTS) is 1. The fraction of sp³-hybridized carbons (Fsp3) is 0.545. The topological polar surface area (TPSA) is 126 Å². The van der Waals surface area contributed by atoms with Crippen LogP contribution in [-0.4, -0.2) is 57.5 Å². The lowest BCUT2D eigenvalue weighted by atomic mass is 10.0. The number of hydrogen-bond acceptors (Lipinski definition) is 6. The number of nitrogens with zero attached hydrogens (tertiary/aromatic N) is 3. The fourth-order valence-corrected chi connectivity index (χ4v) is 3.71. The van der Waals surface area contributed by atoms with Gasteiger partial charge in [0.25, 0.3) is 0 Å². The van der Waals surface area contributed by atoms with E-state index in [2.05, 4.69) is 20.5 Å². The minimum atomic E-state index is -1.19. The predicted octanol–water partition coefficient (Wildman–Crippen LogP) is 3.65. The maximum Gasteiger partial charge on any atom is 0.417 e. The molecule has 3 rings (SSSR count). The average molecular weight is 446 g/mol. The van der Waals surface area contributed by atoms with Crippen LogP contribution in [0.2, 0.25) is 0 Å². The zero-order valence-electron chi connectivity index (χ0n) is 19.1. The molecule has 0 aliphatic carbocycles. The summed E-state index contributed by atoms with van der Waals surface area (Å²) in [7, 11) is 0. The van der Waals surface area contributed by atoms with Crippen LogP contribution in [0.1, 0.15) is 47.5 Å². The fourth-order valence-electron chi connectivity index (χ4n) is 3.71. The number of anilines is 2. The molecule has 174 valence electrons. The lowest BCUT2D eigenvalue weighted by molar-refractivity contribution is -0.118. The molecule has 1 fully saturated rings. The summed E-state index contributed by atoms with van der Waals surface area (Å²) in [6, 6.07) is 1.67. The Morgan fingerprint density at radius 1 is 1.28 bits per heavy atom. The lowest BCUT2D eigenvalue weighted by Crippen LogP contribution is -2.49. The molecule has 0 spiro atoms. The van der Waals surface area contributed by atoms with Crippen molar-refractivity contribution in [3.8, 4) is 0 Å². The van der Waals surface area contributed by atoms with Gasteiger partial charge in [-0.15, -0.1) is 0 Å². The number of carbonyl (C=O) groups is 3. The normalized spacial score (nSPS) is 16.8. The molecule has 2 amide bonds. The zero-order chi connectivity index (χ0) is 23.6. The van der Waals surface area contributed by atoms with Crippen molar-refractivity contribution in [3.05, 3.63) is 18.5 Å². The van der Waals surface area contributed by atoms with Crippen molar-refractivity contribution in [1.82, 2.24) is 14.9 Å². The van der Waals surface area contributed by atoms with Crippen LogP contribution in [0.25, 0.3) is 11.0 Å². The number of ether oxygens (including phenoxy) is 1. The van der Waals surface area contributed by atoms with Crippen molar-refractivity contribution in [2.24, 2.45) is 5.92 Å². The van der Waals surface area contributed by atoms with Gasteiger partial charge in [-0.3, -0.25) is 4.79 Å². The van der Waals surface area contributed by atoms with Crippen molar-refractivity contribution in [1.29, 1.82) is 0 Å². The van der Waals surface area contributed by atoms with Gasteiger partial charge in [-0.05, 0) is 39.7 Å². The monoisotopic (exact) mass is 445 g/mol. The van der Waals surface area contributed by atoms with Crippen LogP contribution in [0.4, 0.5) is 21.0 Å². The molecular weight excluding hydrogens is 414 g/mol. The molecule has 1 unspecified atom stereocenters. The lowest BCUT2D eigenvalue weighted by Gasteiger charge is -2.35. The Bertz CT molecular complexity index is 1020. The highest BCUT2D eigenvalue weighted by atomic mass is 16.6. The van der Waals surface area contributed by atoms with E-state index in [0.29, 0.717) is 17.6 Å². The first-order valence-corrected chi connectivity index (χ1v) is 10.7. The SMILES string of the molecule is CC(C)C(=O)Nc1cn(C(=O)O)c2nccc(N3CCCC(NC(=O)OC(C)(C)C)C3)c12. The first kappa shape index (κ1) is 23.4. The van der Waals surface area contributed by atoms with E-state index in [0.717, 1.165) is 29.6 Å². The smallest absolute Gasteiger partial charge is 0.417 e. The van der Waals surface area contributed by atoms with E-state index >= 15 is 0 Å². The molecule has 1 atom stereocenters. The third kappa shape index (κ3) is 5.30. The van der Waals surface area contributed by atoms with Gasteiger partial charge in [-0.1, -0.05) is 13.8 Å². The van der Waals surface area contributed by atoms with E-state index in [-0.39, 0.29) is 23.5 Å². The number of rotatable bonds is 4. The highest BCUT2D eigenvalue weighted by molar-refractivity contribution is 6.09. The number of aromatic nitrogens is 2. The second kappa shape index (κ2) is 9.05. The van der Waals surface area contributed by atoms with Gasteiger partial charge in [0.15, 0.2) is 5.65 Å². The van der Waals surface area contributed by atoms with Crippen molar-refractivity contribution >= 4 is 40.5 Å². The Balaban J connectivity index is 1.93. The number of nitrogens with one attached hydrogen (secondary N) is 2. The minimum Gasteiger partial charge on any atom is -0.464 e. The number of carbonyl (C=O) groups excluding carboxylic acids is 2. The second-order valence-corrected chi connectivity index (χ2v) is 9.30. The summed E-state index contributed by atoms with van der Waals surface area (Å²) in [5, 5.41) is 15.9. The first-order chi connectivity index (χ1) is 15.0. The Labute approximate surface area is 186 Å². The van der Waals surface area contributed by atoms with Gasteiger partial charge < -0.3 is 25.4 Å². The molecule has 1 aliphatic rings. The minimum absolute atomic E-state index is 0.128. The third-order valence-corrected chi connectivity index (χ3v) is 5.14. The van der Waals surface area contributed by atoms with E-state index in [1.54, 1.807) is 26.1 Å². The van der Waals surface area contributed by atoms with E-state index in [1.807, 2.05) is 20.8 Å². The van der Waals surface area contributed by atoms with Crippen LogP contribution < -0.4 is 15.5 Å². The summed E-state index contributed by atoms with van der Waals surface area (Å²) in [5.41, 5.74) is 0.811. The first-order valence-electron chi connectivity index (χ1n) is 10.7. The standard InChI is InChI=1S/C22H31N5O5/c1-13(2)19(28)25-15-12-27(21(30)31)18-17(15)16(8-9-23-18)26-10-6-7-14(11-26)24-20(29)32-22(3,4)5/h8-9,12-14H,6-7,10-11H2,1-5H3,(H,24,29)(H,25,28)(H,30,31). The quantitative estimate of drug-likeness (QED) is 0.656. The maximum atomic E-state index is 12.3. The molecule has 3 N–H and O–H groups in total. The molecule has 32 heavy (non-hydrogen) atoms. The van der Waals surface area contributed by atoms with Crippen LogP contribution in [0.3, 0.4) is 0 Å². The van der Waals surface area contributed by atoms with Crippen LogP contribution in [0, 0.1) is 5.92 Å². The van der Waals surface area contributed by atoms with E-state index in [9.17, 15) is 19.5 Å². The summed E-state index contributed by atoms with van der Waals surface area (Å²) < 4.78 is 6.38. The predicted molar refractivity (Wildman–Crippen MR) is 121 cm³/mol. The van der Waals surface area contributed by atoms with Crippen molar-refractivity contribution in [2.75, 3.05) is 23.3 Å². The summed E-state index contributed by atoms with van der Waals surface area (Å²) >= 11 is 0. The Morgan fingerprint density at radius 3 is 2.62 bits per heavy atom.